The third-order valence-corrected chi connectivity index (χ3v) is 5.74. The molecule has 31 heavy (non-hydrogen) atoms. The van der Waals surface area contributed by atoms with Crippen LogP contribution in [0.15, 0.2) is 59.1 Å². The van der Waals surface area contributed by atoms with Gasteiger partial charge < -0.3 is 15.3 Å². The van der Waals surface area contributed by atoms with Gasteiger partial charge in [-0.05, 0) is 69.9 Å². The van der Waals surface area contributed by atoms with Crippen molar-refractivity contribution in [2.24, 2.45) is 0 Å². The molecule has 4 rings (SSSR count). The van der Waals surface area contributed by atoms with Crippen molar-refractivity contribution < 1.29 is 23.5 Å². The number of rotatable bonds is 3. The van der Waals surface area contributed by atoms with Gasteiger partial charge in [0.05, 0.1) is 4.47 Å². The molecule has 3 aromatic carbocycles. The zero-order chi connectivity index (χ0) is 22.1. The van der Waals surface area contributed by atoms with Crippen molar-refractivity contribution in [1.29, 1.82) is 0 Å². The number of carbonyl (C=O) groups is 2. The Labute approximate surface area is 185 Å². The van der Waals surface area contributed by atoms with E-state index in [0.717, 1.165) is 11.6 Å². The predicted octanol–water partition coefficient (Wildman–Crippen LogP) is 4.88. The minimum absolute atomic E-state index is 0.0726. The quantitative estimate of drug-likeness (QED) is 0.518. The molecule has 0 saturated heterocycles. The lowest BCUT2D eigenvalue weighted by Crippen LogP contribution is -2.37. The minimum atomic E-state index is -1.08. The fraction of sp³-hybridized carbons (Fsp3) is 0.130. The second-order valence-electron chi connectivity index (χ2n) is 7.17. The van der Waals surface area contributed by atoms with Crippen LogP contribution in [0.5, 0.6) is 5.75 Å². The van der Waals surface area contributed by atoms with Gasteiger partial charge in [0, 0.05) is 36.0 Å². The molecular weight excluding hydrogens is 470 g/mol. The maximum absolute atomic E-state index is 13.7. The van der Waals surface area contributed by atoms with Crippen molar-refractivity contribution in [1.82, 2.24) is 4.90 Å². The first-order valence-electron chi connectivity index (χ1n) is 9.48. The molecule has 0 aliphatic carbocycles. The van der Waals surface area contributed by atoms with E-state index >= 15 is 0 Å². The summed E-state index contributed by atoms with van der Waals surface area (Å²) in [5.74, 6) is -2.72. The van der Waals surface area contributed by atoms with Crippen LogP contribution in [0.25, 0.3) is 0 Å². The molecule has 158 valence electrons. The van der Waals surface area contributed by atoms with Crippen LogP contribution in [0.3, 0.4) is 0 Å². The Kier molecular flexibility index (Phi) is 5.73. The summed E-state index contributed by atoms with van der Waals surface area (Å²) in [6, 6.07) is 13.5. The average molecular weight is 487 g/mol. The van der Waals surface area contributed by atoms with E-state index in [0.29, 0.717) is 29.7 Å². The van der Waals surface area contributed by atoms with Gasteiger partial charge in [0.15, 0.2) is 11.6 Å². The van der Waals surface area contributed by atoms with Crippen molar-refractivity contribution in [2.45, 2.75) is 13.0 Å². The molecule has 1 aliphatic heterocycles. The second kappa shape index (κ2) is 8.47. The van der Waals surface area contributed by atoms with Gasteiger partial charge in [-0.2, -0.15) is 0 Å². The molecule has 0 fully saturated rings. The lowest BCUT2D eigenvalue weighted by Gasteiger charge is -2.30. The molecule has 0 aromatic heterocycles. The van der Waals surface area contributed by atoms with E-state index in [2.05, 4.69) is 21.2 Å². The zero-order valence-corrected chi connectivity index (χ0v) is 17.7. The van der Waals surface area contributed by atoms with Crippen molar-refractivity contribution in [3.8, 4) is 5.75 Å². The van der Waals surface area contributed by atoms with Gasteiger partial charge in [-0.25, -0.2) is 8.78 Å². The fourth-order valence-electron chi connectivity index (χ4n) is 3.58. The molecule has 5 nitrogen and oxygen atoms in total. The number of fused-ring (bicyclic) bond motifs is 1. The summed E-state index contributed by atoms with van der Waals surface area (Å²) in [5, 5.41) is 12.0. The molecular formula is C23H17BrF2N2O3. The summed E-state index contributed by atoms with van der Waals surface area (Å²) in [5.41, 5.74) is 2.58. The highest BCUT2D eigenvalue weighted by Gasteiger charge is 2.25. The van der Waals surface area contributed by atoms with Crippen molar-refractivity contribution in [2.75, 3.05) is 11.9 Å². The number of aromatic hydroxyl groups is 1. The Hall–Kier alpha value is -3.26. The van der Waals surface area contributed by atoms with E-state index < -0.39 is 17.5 Å². The first-order valence-corrected chi connectivity index (χ1v) is 10.3. The molecule has 0 bridgehead atoms. The monoisotopic (exact) mass is 486 g/mol. The van der Waals surface area contributed by atoms with Gasteiger partial charge in [0.25, 0.3) is 11.8 Å². The molecule has 8 heteroatoms. The summed E-state index contributed by atoms with van der Waals surface area (Å²) in [6.45, 7) is 0.730. The lowest BCUT2D eigenvalue weighted by molar-refractivity contribution is 0.0732. The summed E-state index contributed by atoms with van der Waals surface area (Å²) >= 11 is 2.93. The minimum Gasteiger partial charge on any atom is -0.508 e. The number of anilines is 1. The Morgan fingerprint density at radius 1 is 1.06 bits per heavy atom. The number of carbonyl (C=O) groups excluding carboxylic acids is 2. The van der Waals surface area contributed by atoms with Crippen LogP contribution in [0, 0.1) is 11.6 Å². The molecule has 0 unspecified atom stereocenters. The van der Waals surface area contributed by atoms with E-state index in [1.807, 2.05) is 6.07 Å². The van der Waals surface area contributed by atoms with Crippen LogP contribution in [0.2, 0.25) is 0 Å². The van der Waals surface area contributed by atoms with Crippen LogP contribution >= 0.6 is 15.9 Å². The SMILES string of the molecule is O=C(Nc1cc(F)c(F)c(Br)c1)c1cccc2c1CN(C(=O)c1ccc(O)cc1)CC2. The molecule has 3 aromatic rings. The van der Waals surface area contributed by atoms with E-state index in [-0.39, 0.29) is 28.4 Å². The Balaban J connectivity index is 1.59. The van der Waals surface area contributed by atoms with Crippen molar-refractivity contribution >= 4 is 33.4 Å². The van der Waals surface area contributed by atoms with Crippen LogP contribution in [-0.2, 0) is 13.0 Å². The number of phenols is 1. The summed E-state index contributed by atoms with van der Waals surface area (Å²) in [6.07, 6.45) is 0.580. The zero-order valence-electron chi connectivity index (χ0n) is 16.2. The van der Waals surface area contributed by atoms with Gasteiger partial charge in [-0.3, -0.25) is 9.59 Å². The smallest absolute Gasteiger partial charge is 0.256 e. The molecule has 2 N–H and O–H groups in total. The van der Waals surface area contributed by atoms with Crippen LogP contribution in [-0.4, -0.2) is 28.4 Å². The average Bonchev–Trinajstić information content (AvgIpc) is 2.76. The molecule has 1 heterocycles. The maximum atomic E-state index is 13.7. The van der Waals surface area contributed by atoms with E-state index in [4.69, 9.17) is 0 Å². The summed E-state index contributed by atoms with van der Waals surface area (Å²) in [7, 11) is 0. The van der Waals surface area contributed by atoms with Crippen LogP contribution in [0.1, 0.15) is 31.8 Å². The molecule has 1 aliphatic rings. The molecule has 2 amide bonds. The van der Waals surface area contributed by atoms with Gasteiger partial charge in [0.2, 0.25) is 0 Å². The van der Waals surface area contributed by atoms with Crippen molar-refractivity contribution in [3.63, 3.8) is 0 Å². The highest BCUT2D eigenvalue weighted by atomic mass is 79.9. The first kappa shape index (κ1) is 21.0. The van der Waals surface area contributed by atoms with Crippen LogP contribution < -0.4 is 5.32 Å². The van der Waals surface area contributed by atoms with Gasteiger partial charge >= 0.3 is 0 Å². The van der Waals surface area contributed by atoms with Crippen molar-refractivity contribution in [3.05, 3.63) is 93.0 Å². The Morgan fingerprint density at radius 3 is 2.52 bits per heavy atom. The topological polar surface area (TPSA) is 69.6 Å². The summed E-state index contributed by atoms with van der Waals surface area (Å²) in [4.78, 5) is 27.4. The third-order valence-electron chi connectivity index (χ3n) is 5.16. The normalized spacial score (nSPS) is 12.9. The van der Waals surface area contributed by atoms with E-state index in [1.54, 1.807) is 29.2 Å². The van der Waals surface area contributed by atoms with Gasteiger partial charge in [0.1, 0.15) is 5.75 Å². The number of halogens is 3. The number of hydrogen-bond acceptors (Lipinski definition) is 3. The summed E-state index contributed by atoms with van der Waals surface area (Å²) < 4.78 is 27.1. The first-order chi connectivity index (χ1) is 14.8. The van der Waals surface area contributed by atoms with Crippen LogP contribution in [0.4, 0.5) is 14.5 Å². The number of phenolic OH excluding ortho intramolecular Hbond substituents is 1. The number of amides is 2. The molecule has 0 radical (unpaired) electrons. The highest BCUT2D eigenvalue weighted by Crippen LogP contribution is 2.27. The van der Waals surface area contributed by atoms with Gasteiger partial charge in [-0.15, -0.1) is 0 Å². The lowest BCUT2D eigenvalue weighted by atomic mass is 9.94. The third kappa shape index (κ3) is 4.29. The number of nitrogens with one attached hydrogen (secondary N) is 1. The molecule has 0 atom stereocenters. The molecule has 0 spiro atoms. The maximum Gasteiger partial charge on any atom is 0.256 e. The fourth-order valence-corrected chi connectivity index (χ4v) is 4.02. The molecule has 0 saturated carbocycles. The highest BCUT2D eigenvalue weighted by molar-refractivity contribution is 9.10. The standard InChI is InChI=1S/C23H17BrF2N2O3/c24-19-10-15(11-20(25)21(19)26)27-22(30)17-3-1-2-13-8-9-28(12-18(13)17)23(31)14-4-6-16(29)7-5-14/h1-7,10-11,29H,8-9,12H2,(H,27,30). The predicted molar refractivity (Wildman–Crippen MR) is 115 cm³/mol. The van der Waals surface area contributed by atoms with Gasteiger partial charge in [-0.1, -0.05) is 12.1 Å². The number of benzene rings is 3. The van der Waals surface area contributed by atoms with E-state index in [9.17, 15) is 23.5 Å². The largest absolute Gasteiger partial charge is 0.508 e. The number of nitrogens with zero attached hydrogens (tertiary/aromatic N) is 1. The second-order valence-corrected chi connectivity index (χ2v) is 8.03. The number of hydrogen-bond donors (Lipinski definition) is 2. The Bertz CT molecular complexity index is 1160. The Morgan fingerprint density at radius 2 is 1.81 bits per heavy atom. The van der Waals surface area contributed by atoms with E-state index in [1.165, 1.54) is 18.2 Å².